The largest absolute Gasteiger partial charge is 0.305 e. The van der Waals surface area contributed by atoms with Gasteiger partial charge in [0.15, 0.2) is 5.69 Å². The number of carbonyl (C=O) groups excluding carboxylic acids is 1. The molecule has 0 unspecified atom stereocenters. The van der Waals surface area contributed by atoms with Crippen LogP contribution in [0.25, 0.3) is 5.69 Å². The highest BCUT2D eigenvalue weighted by Crippen LogP contribution is 2.28. The molecule has 5 rings (SSSR count). The summed E-state index contributed by atoms with van der Waals surface area (Å²) in [6, 6.07) is 15.9. The first-order valence-corrected chi connectivity index (χ1v) is 11.3. The van der Waals surface area contributed by atoms with Crippen molar-refractivity contribution >= 4 is 27.7 Å². The van der Waals surface area contributed by atoms with E-state index in [1.165, 1.54) is 12.1 Å². The lowest BCUT2D eigenvalue weighted by molar-refractivity contribution is 0.102. The normalized spacial score (nSPS) is 13.1. The summed E-state index contributed by atoms with van der Waals surface area (Å²) in [5, 5.41) is 12.0. The van der Waals surface area contributed by atoms with Gasteiger partial charge in [0.05, 0.1) is 18.4 Å². The minimum atomic E-state index is -0.299. The Morgan fingerprint density at radius 1 is 1.03 bits per heavy atom. The fourth-order valence-corrected chi connectivity index (χ4v) is 4.34. The second-order valence-corrected chi connectivity index (χ2v) is 8.74. The van der Waals surface area contributed by atoms with Crippen LogP contribution in [-0.4, -0.2) is 25.5 Å². The molecule has 32 heavy (non-hydrogen) atoms. The van der Waals surface area contributed by atoms with E-state index in [0.717, 1.165) is 52.7 Å². The molecule has 0 aliphatic heterocycles. The van der Waals surface area contributed by atoms with Crippen LogP contribution in [-0.2, 0) is 19.4 Å². The lowest BCUT2D eigenvalue weighted by Gasteiger charge is -2.14. The van der Waals surface area contributed by atoms with Crippen LogP contribution in [0.5, 0.6) is 0 Å². The minimum Gasteiger partial charge on any atom is -0.305 e. The average molecular weight is 494 g/mol. The molecule has 2 aromatic heterocycles. The van der Waals surface area contributed by atoms with E-state index in [2.05, 4.69) is 31.4 Å². The average Bonchev–Trinajstić information content (AvgIpc) is 3.40. The predicted octanol–water partition coefficient (Wildman–Crippen LogP) is 5.15. The van der Waals surface area contributed by atoms with Gasteiger partial charge in [0.2, 0.25) is 0 Å². The van der Waals surface area contributed by atoms with Gasteiger partial charge in [-0.1, -0.05) is 28.1 Å². The van der Waals surface area contributed by atoms with E-state index in [9.17, 15) is 9.18 Å². The lowest BCUT2D eigenvalue weighted by atomic mass is 9.95. The van der Waals surface area contributed by atoms with Gasteiger partial charge in [-0.15, -0.1) is 0 Å². The van der Waals surface area contributed by atoms with Gasteiger partial charge in [-0.2, -0.15) is 10.2 Å². The van der Waals surface area contributed by atoms with Crippen LogP contribution in [0.15, 0.2) is 65.3 Å². The van der Waals surface area contributed by atoms with Gasteiger partial charge in [0.25, 0.3) is 5.91 Å². The standard InChI is InChI=1S/C24H21BrFN5O/c25-17-7-5-16(6-8-17)15-30-22(13-14-27-30)28-24(32)23-20-3-1-2-4-21(20)31(29-23)19-11-9-18(26)10-12-19/h5-14H,1-4,15H2,(H,28,32). The summed E-state index contributed by atoms with van der Waals surface area (Å²) in [5.41, 5.74) is 4.24. The molecule has 0 radical (unpaired) electrons. The van der Waals surface area contributed by atoms with Crippen molar-refractivity contribution in [3.05, 3.63) is 93.6 Å². The maximum absolute atomic E-state index is 13.4. The number of hydrogen-bond acceptors (Lipinski definition) is 3. The highest BCUT2D eigenvalue weighted by Gasteiger charge is 2.26. The molecule has 0 atom stereocenters. The fraction of sp³-hybridized carbons (Fsp3) is 0.208. The summed E-state index contributed by atoms with van der Waals surface area (Å²) in [5.74, 6) is 0.0483. The molecular weight excluding hydrogens is 473 g/mol. The number of benzene rings is 2. The number of hydrogen-bond donors (Lipinski definition) is 1. The van der Waals surface area contributed by atoms with Gasteiger partial charge in [0.1, 0.15) is 11.6 Å². The monoisotopic (exact) mass is 493 g/mol. The molecule has 2 aromatic carbocycles. The summed E-state index contributed by atoms with van der Waals surface area (Å²) in [4.78, 5) is 13.2. The molecule has 2 heterocycles. The van der Waals surface area contributed by atoms with E-state index in [1.807, 2.05) is 24.3 Å². The fourth-order valence-electron chi connectivity index (χ4n) is 4.08. The van der Waals surface area contributed by atoms with Crippen molar-refractivity contribution in [3.8, 4) is 5.69 Å². The third-order valence-corrected chi connectivity index (χ3v) is 6.20. The number of nitrogens with one attached hydrogen (secondary N) is 1. The lowest BCUT2D eigenvalue weighted by Crippen LogP contribution is -2.18. The number of fused-ring (bicyclic) bond motifs is 1. The van der Waals surface area contributed by atoms with Gasteiger partial charge in [0, 0.05) is 21.8 Å². The summed E-state index contributed by atoms with van der Waals surface area (Å²) < 4.78 is 17.9. The molecule has 6 nitrogen and oxygen atoms in total. The molecule has 8 heteroatoms. The van der Waals surface area contributed by atoms with E-state index in [4.69, 9.17) is 0 Å². The first-order chi connectivity index (χ1) is 15.6. The van der Waals surface area contributed by atoms with Crippen molar-refractivity contribution in [2.75, 3.05) is 5.32 Å². The van der Waals surface area contributed by atoms with Gasteiger partial charge >= 0.3 is 0 Å². The third kappa shape index (κ3) is 4.10. The SMILES string of the molecule is O=C(Nc1ccnn1Cc1ccc(Br)cc1)c1nn(-c2ccc(F)cc2)c2c1CCCC2. The summed E-state index contributed by atoms with van der Waals surface area (Å²) >= 11 is 3.44. The van der Waals surface area contributed by atoms with Crippen LogP contribution in [0.3, 0.4) is 0 Å². The Morgan fingerprint density at radius 3 is 2.56 bits per heavy atom. The quantitative estimate of drug-likeness (QED) is 0.418. The van der Waals surface area contributed by atoms with Crippen molar-refractivity contribution in [3.63, 3.8) is 0 Å². The molecule has 1 aliphatic rings. The highest BCUT2D eigenvalue weighted by atomic mass is 79.9. The van der Waals surface area contributed by atoms with Crippen molar-refractivity contribution in [2.24, 2.45) is 0 Å². The van der Waals surface area contributed by atoms with Crippen LogP contribution in [0.1, 0.15) is 40.2 Å². The molecule has 0 bridgehead atoms. The van der Waals surface area contributed by atoms with Crippen molar-refractivity contribution < 1.29 is 9.18 Å². The third-order valence-electron chi connectivity index (χ3n) is 5.67. The van der Waals surface area contributed by atoms with Crippen LogP contribution < -0.4 is 5.32 Å². The molecule has 1 N–H and O–H groups in total. The molecule has 162 valence electrons. The van der Waals surface area contributed by atoms with E-state index in [1.54, 1.807) is 33.8 Å². The second-order valence-electron chi connectivity index (χ2n) is 7.82. The Kier molecular flexibility index (Phi) is 5.61. The minimum absolute atomic E-state index is 0.262. The molecule has 0 spiro atoms. The Hall–Kier alpha value is -3.26. The maximum Gasteiger partial charge on any atom is 0.277 e. The van der Waals surface area contributed by atoms with E-state index < -0.39 is 0 Å². The van der Waals surface area contributed by atoms with Crippen LogP contribution in [0.2, 0.25) is 0 Å². The zero-order chi connectivity index (χ0) is 22.1. The Labute approximate surface area is 193 Å². The number of halogens is 2. The molecular formula is C24H21BrFN5O. The smallest absolute Gasteiger partial charge is 0.277 e. The molecule has 4 aromatic rings. The van der Waals surface area contributed by atoms with E-state index >= 15 is 0 Å². The van der Waals surface area contributed by atoms with Gasteiger partial charge < -0.3 is 5.32 Å². The number of nitrogens with zero attached hydrogens (tertiary/aromatic N) is 4. The molecule has 0 saturated carbocycles. The molecule has 1 aliphatic carbocycles. The number of amides is 1. The predicted molar refractivity (Wildman–Crippen MR) is 124 cm³/mol. The molecule has 1 amide bonds. The van der Waals surface area contributed by atoms with Crippen molar-refractivity contribution in [1.82, 2.24) is 19.6 Å². The zero-order valence-corrected chi connectivity index (χ0v) is 18.8. The number of carbonyl (C=O) groups is 1. The van der Waals surface area contributed by atoms with Crippen LogP contribution in [0, 0.1) is 5.82 Å². The Bertz CT molecular complexity index is 1260. The molecule has 0 saturated heterocycles. The van der Waals surface area contributed by atoms with E-state index in [-0.39, 0.29) is 11.7 Å². The van der Waals surface area contributed by atoms with Crippen molar-refractivity contribution in [2.45, 2.75) is 32.2 Å². The summed E-state index contributed by atoms with van der Waals surface area (Å²) in [6.45, 7) is 0.540. The van der Waals surface area contributed by atoms with Gasteiger partial charge in [-0.25, -0.2) is 13.8 Å². The summed E-state index contributed by atoms with van der Waals surface area (Å²) in [6.07, 6.45) is 5.37. The number of anilines is 1. The first-order valence-electron chi connectivity index (χ1n) is 10.5. The zero-order valence-electron chi connectivity index (χ0n) is 17.3. The highest BCUT2D eigenvalue weighted by molar-refractivity contribution is 9.10. The Morgan fingerprint density at radius 2 is 1.78 bits per heavy atom. The van der Waals surface area contributed by atoms with Crippen molar-refractivity contribution in [1.29, 1.82) is 0 Å². The number of rotatable bonds is 5. The van der Waals surface area contributed by atoms with E-state index in [0.29, 0.717) is 18.1 Å². The van der Waals surface area contributed by atoms with Gasteiger partial charge in [-0.3, -0.25) is 4.79 Å². The van der Waals surface area contributed by atoms with Crippen LogP contribution in [0.4, 0.5) is 10.2 Å². The molecule has 0 fully saturated rings. The number of aromatic nitrogens is 4. The topological polar surface area (TPSA) is 64.7 Å². The van der Waals surface area contributed by atoms with Gasteiger partial charge in [-0.05, 0) is 67.6 Å². The second kappa shape index (κ2) is 8.70. The summed E-state index contributed by atoms with van der Waals surface area (Å²) in [7, 11) is 0. The first kappa shape index (κ1) is 20.6. The Balaban J connectivity index is 1.43. The van der Waals surface area contributed by atoms with Crippen LogP contribution >= 0.6 is 15.9 Å². The maximum atomic E-state index is 13.4.